The highest BCUT2D eigenvalue weighted by Gasteiger charge is 2.35. The van der Waals surface area contributed by atoms with Crippen LogP contribution in [0.15, 0.2) is 53.0 Å². The summed E-state index contributed by atoms with van der Waals surface area (Å²) in [6.45, 7) is 3.36. The lowest BCUT2D eigenvalue weighted by atomic mass is 10.0. The van der Waals surface area contributed by atoms with Crippen LogP contribution in [0.3, 0.4) is 0 Å². The molecule has 0 radical (unpaired) electrons. The molecule has 2 aromatic rings. The lowest BCUT2D eigenvalue weighted by Gasteiger charge is -2.32. The summed E-state index contributed by atoms with van der Waals surface area (Å²) in [4.78, 5) is 25.6. The minimum Gasteiger partial charge on any atom is -0.479 e. The predicted octanol–water partition coefficient (Wildman–Crippen LogP) is 4.76. The van der Waals surface area contributed by atoms with Crippen LogP contribution < -0.4 is 0 Å². The summed E-state index contributed by atoms with van der Waals surface area (Å²) in [6.07, 6.45) is -0.785. The number of carboxylic acid groups (broad SMARTS) is 1. The second-order valence-electron chi connectivity index (χ2n) is 5.95. The predicted molar refractivity (Wildman–Crippen MR) is 98.1 cm³/mol. The molecular formula is C19H19BrFNO4. The first-order valence-electron chi connectivity index (χ1n) is 7.98. The quantitative estimate of drug-likeness (QED) is 0.726. The molecule has 1 amide bonds. The van der Waals surface area contributed by atoms with Crippen LogP contribution in [0, 0.1) is 5.82 Å². The normalized spacial score (nSPS) is 11.9. The van der Waals surface area contributed by atoms with Crippen molar-refractivity contribution in [1.29, 1.82) is 0 Å². The number of hydrogen-bond acceptors (Lipinski definition) is 3. The van der Waals surface area contributed by atoms with Crippen LogP contribution in [0.25, 0.3) is 0 Å². The highest BCUT2D eigenvalue weighted by atomic mass is 79.9. The number of carboxylic acids is 1. The molecule has 0 heterocycles. The van der Waals surface area contributed by atoms with Gasteiger partial charge >= 0.3 is 12.1 Å². The third-order valence-corrected chi connectivity index (χ3v) is 4.46. The maximum absolute atomic E-state index is 13.7. The van der Waals surface area contributed by atoms with Crippen molar-refractivity contribution in [2.45, 2.75) is 32.5 Å². The molecule has 2 aromatic carbocycles. The van der Waals surface area contributed by atoms with Crippen molar-refractivity contribution in [1.82, 2.24) is 4.90 Å². The molecule has 0 aliphatic rings. The molecule has 138 valence electrons. The Bertz CT molecular complexity index is 782. The number of hydrogen-bond donors (Lipinski definition) is 1. The van der Waals surface area contributed by atoms with Gasteiger partial charge in [-0.3, -0.25) is 4.90 Å². The summed E-state index contributed by atoms with van der Waals surface area (Å²) in [5.74, 6) is -1.86. The lowest BCUT2D eigenvalue weighted by molar-refractivity contribution is -0.143. The van der Waals surface area contributed by atoms with Crippen LogP contribution in [0.2, 0.25) is 0 Å². The Kier molecular flexibility index (Phi) is 6.74. The van der Waals surface area contributed by atoms with Gasteiger partial charge in [0, 0.05) is 16.1 Å². The van der Waals surface area contributed by atoms with Gasteiger partial charge in [0.25, 0.3) is 0 Å². The Morgan fingerprint density at radius 2 is 1.85 bits per heavy atom. The highest BCUT2D eigenvalue weighted by Crippen LogP contribution is 2.31. The van der Waals surface area contributed by atoms with E-state index < -0.39 is 30.0 Å². The zero-order valence-electron chi connectivity index (χ0n) is 14.4. The van der Waals surface area contributed by atoms with Crippen LogP contribution in [0.4, 0.5) is 9.18 Å². The van der Waals surface area contributed by atoms with Crippen molar-refractivity contribution in [3.05, 3.63) is 69.9 Å². The number of nitrogens with zero attached hydrogens (tertiary/aromatic N) is 1. The number of halogens is 2. The SMILES string of the molecule is CC(C)N(C(=O)OCc1ccccc1)C(C(=O)O)c1cc(F)ccc1Br. The number of ether oxygens (including phenoxy) is 1. The zero-order chi connectivity index (χ0) is 19.3. The van der Waals surface area contributed by atoms with Gasteiger partial charge in [0.05, 0.1) is 0 Å². The fourth-order valence-electron chi connectivity index (χ4n) is 2.53. The van der Waals surface area contributed by atoms with Crippen molar-refractivity contribution in [2.75, 3.05) is 0 Å². The Balaban J connectivity index is 2.30. The summed E-state index contributed by atoms with van der Waals surface area (Å²) < 4.78 is 19.3. The molecule has 1 unspecified atom stereocenters. The smallest absolute Gasteiger partial charge is 0.411 e. The van der Waals surface area contributed by atoms with E-state index >= 15 is 0 Å². The summed E-state index contributed by atoms with van der Waals surface area (Å²) in [5, 5.41) is 9.70. The first kappa shape index (κ1) is 19.9. The van der Waals surface area contributed by atoms with Crippen molar-refractivity contribution in [3.8, 4) is 0 Å². The summed E-state index contributed by atoms with van der Waals surface area (Å²) in [5.41, 5.74) is 0.922. The Labute approximate surface area is 159 Å². The molecule has 0 bridgehead atoms. The first-order valence-corrected chi connectivity index (χ1v) is 8.77. The molecule has 7 heteroatoms. The standard InChI is InChI=1S/C19H19BrFNO4/c1-12(2)22(19(25)26-11-13-6-4-3-5-7-13)17(18(23)24)15-10-14(21)8-9-16(15)20/h3-10,12,17H,11H2,1-2H3,(H,23,24). The van der Waals surface area contributed by atoms with E-state index in [1.54, 1.807) is 26.0 Å². The molecule has 1 atom stereocenters. The fourth-order valence-corrected chi connectivity index (χ4v) is 3.00. The third-order valence-electron chi connectivity index (χ3n) is 3.74. The van der Waals surface area contributed by atoms with Gasteiger partial charge in [-0.05, 0) is 37.6 Å². The van der Waals surface area contributed by atoms with Crippen molar-refractivity contribution in [2.24, 2.45) is 0 Å². The average Bonchev–Trinajstić information content (AvgIpc) is 2.60. The van der Waals surface area contributed by atoms with E-state index in [1.807, 2.05) is 18.2 Å². The number of rotatable bonds is 6. The molecule has 26 heavy (non-hydrogen) atoms. The van der Waals surface area contributed by atoms with Gasteiger partial charge in [-0.2, -0.15) is 0 Å². The van der Waals surface area contributed by atoms with Gasteiger partial charge < -0.3 is 9.84 Å². The van der Waals surface area contributed by atoms with Crippen molar-refractivity contribution >= 4 is 28.0 Å². The second kappa shape index (κ2) is 8.80. The number of carbonyl (C=O) groups is 2. The van der Waals surface area contributed by atoms with Gasteiger partial charge in [-0.1, -0.05) is 46.3 Å². The molecule has 0 saturated carbocycles. The molecule has 0 aliphatic heterocycles. The number of carbonyl (C=O) groups excluding carboxylic acids is 1. The number of benzene rings is 2. The summed E-state index contributed by atoms with van der Waals surface area (Å²) in [6, 6.07) is 10.9. The number of aliphatic carboxylic acids is 1. The van der Waals surface area contributed by atoms with Crippen molar-refractivity contribution < 1.29 is 23.8 Å². The van der Waals surface area contributed by atoms with Gasteiger partial charge in [-0.25, -0.2) is 14.0 Å². The Morgan fingerprint density at radius 3 is 2.42 bits per heavy atom. The molecule has 0 aromatic heterocycles. The van der Waals surface area contributed by atoms with E-state index in [4.69, 9.17) is 4.74 Å². The molecule has 0 spiro atoms. The topological polar surface area (TPSA) is 66.8 Å². The van der Waals surface area contributed by atoms with E-state index in [9.17, 15) is 19.1 Å². The van der Waals surface area contributed by atoms with Gasteiger partial charge in [0.2, 0.25) is 0 Å². The average molecular weight is 424 g/mol. The van der Waals surface area contributed by atoms with Crippen LogP contribution >= 0.6 is 15.9 Å². The molecule has 1 N–H and O–H groups in total. The van der Waals surface area contributed by atoms with E-state index in [-0.39, 0.29) is 12.2 Å². The number of amides is 1. The lowest BCUT2D eigenvalue weighted by Crippen LogP contribution is -2.43. The molecule has 0 saturated heterocycles. The summed E-state index contributed by atoms with van der Waals surface area (Å²) in [7, 11) is 0. The van der Waals surface area contributed by atoms with Crippen molar-refractivity contribution in [3.63, 3.8) is 0 Å². The minimum absolute atomic E-state index is 0.0134. The van der Waals surface area contributed by atoms with Crippen LogP contribution in [-0.2, 0) is 16.1 Å². The summed E-state index contributed by atoms with van der Waals surface area (Å²) >= 11 is 3.23. The molecular weight excluding hydrogens is 405 g/mol. The second-order valence-corrected chi connectivity index (χ2v) is 6.80. The van der Waals surface area contributed by atoms with Crippen LogP contribution in [0.5, 0.6) is 0 Å². The maximum Gasteiger partial charge on any atom is 0.411 e. The van der Waals surface area contributed by atoms with E-state index in [2.05, 4.69) is 15.9 Å². The van der Waals surface area contributed by atoms with Gasteiger partial charge in [-0.15, -0.1) is 0 Å². The first-order chi connectivity index (χ1) is 12.3. The zero-order valence-corrected chi connectivity index (χ0v) is 15.9. The molecule has 2 rings (SSSR count). The molecule has 0 aliphatic carbocycles. The van der Waals surface area contributed by atoms with E-state index in [1.165, 1.54) is 12.1 Å². The Morgan fingerprint density at radius 1 is 1.19 bits per heavy atom. The molecule has 5 nitrogen and oxygen atoms in total. The third kappa shape index (κ3) is 4.82. The van der Waals surface area contributed by atoms with Gasteiger partial charge in [0.15, 0.2) is 6.04 Å². The maximum atomic E-state index is 13.7. The van der Waals surface area contributed by atoms with E-state index in [0.717, 1.165) is 16.5 Å². The van der Waals surface area contributed by atoms with Crippen LogP contribution in [0.1, 0.15) is 31.0 Å². The monoisotopic (exact) mass is 423 g/mol. The molecule has 0 fully saturated rings. The van der Waals surface area contributed by atoms with Gasteiger partial charge in [0.1, 0.15) is 12.4 Å². The fraction of sp³-hybridized carbons (Fsp3) is 0.263. The Hall–Kier alpha value is -2.41. The minimum atomic E-state index is -1.39. The van der Waals surface area contributed by atoms with E-state index in [0.29, 0.717) is 4.47 Å². The highest BCUT2D eigenvalue weighted by molar-refractivity contribution is 9.10. The van der Waals surface area contributed by atoms with Crippen LogP contribution in [-0.4, -0.2) is 28.1 Å². The largest absolute Gasteiger partial charge is 0.479 e.